The summed E-state index contributed by atoms with van der Waals surface area (Å²) in [6.07, 6.45) is 2.18. The average molecular weight is 274 g/mol. The quantitative estimate of drug-likeness (QED) is 0.434. The van der Waals surface area contributed by atoms with Crippen molar-refractivity contribution in [1.82, 2.24) is 0 Å². The second kappa shape index (κ2) is 5.74. The highest BCUT2D eigenvalue weighted by atomic mass is 35.5. The first-order chi connectivity index (χ1) is 7.85. The zero-order valence-electron chi connectivity index (χ0n) is 10.2. The highest BCUT2D eigenvalue weighted by Gasteiger charge is 2.20. The molecule has 5 heteroatoms. The zero-order valence-corrected chi connectivity index (χ0v) is 11.8. The van der Waals surface area contributed by atoms with Crippen molar-refractivity contribution in [3.8, 4) is 0 Å². The molecule has 0 amide bonds. The van der Waals surface area contributed by atoms with Gasteiger partial charge in [0.2, 0.25) is 0 Å². The fourth-order valence-electron chi connectivity index (χ4n) is 1.64. The van der Waals surface area contributed by atoms with Gasteiger partial charge in [0.15, 0.2) is 0 Å². The molecule has 1 aromatic carbocycles. The van der Waals surface area contributed by atoms with E-state index in [1.165, 1.54) is 12.1 Å². The van der Waals surface area contributed by atoms with Crippen LogP contribution in [-0.4, -0.2) is 9.67 Å². The van der Waals surface area contributed by atoms with Gasteiger partial charge in [-0.3, -0.25) is 10.1 Å². The lowest BCUT2D eigenvalue weighted by atomic mass is 10.1. The summed E-state index contributed by atoms with van der Waals surface area (Å²) < 4.78 is 0.0918. The molecule has 0 fully saturated rings. The van der Waals surface area contributed by atoms with Gasteiger partial charge in [-0.05, 0) is 12.5 Å². The predicted octanol–water partition coefficient (Wildman–Crippen LogP) is 4.92. The van der Waals surface area contributed by atoms with E-state index in [1.807, 2.05) is 0 Å². The predicted molar refractivity (Wildman–Crippen MR) is 73.0 cm³/mol. The van der Waals surface area contributed by atoms with Crippen LogP contribution in [0.4, 0.5) is 5.69 Å². The molecule has 3 nitrogen and oxygen atoms in total. The summed E-state index contributed by atoms with van der Waals surface area (Å²) >= 11 is 7.72. The minimum Gasteiger partial charge on any atom is -0.258 e. The van der Waals surface area contributed by atoms with E-state index in [1.54, 1.807) is 17.8 Å². The molecular weight excluding hydrogens is 258 g/mol. The Morgan fingerprint density at radius 3 is 2.59 bits per heavy atom. The van der Waals surface area contributed by atoms with Gasteiger partial charge in [0.05, 0.1) is 9.95 Å². The molecule has 0 saturated carbocycles. The summed E-state index contributed by atoms with van der Waals surface area (Å²) in [4.78, 5) is 11.1. The molecule has 0 aliphatic carbocycles. The molecule has 0 atom stereocenters. The molecule has 0 unspecified atom stereocenters. The summed E-state index contributed by atoms with van der Waals surface area (Å²) in [5.41, 5.74) is 0.0349. The average Bonchev–Trinajstić information content (AvgIpc) is 2.20. The van der Waals surface area contributed by atoms with E-state index in [2.05, 4.69) is 20.8 Å². The van der Waals surface area contributed by atoms with Gasteiger partial charge in [0.1, 0.15) is 0 Å². The number of non-ortho nitro benzene ring substituents is 1. The summed E-state index contributed by atoms with van der Waals surface area (Å²) in [6.45, 7) is 6.44. The van der Waals surface area contributed by atoms with Crippen LogP contribution < -0.4 is 0 Å². The SMILES string of the molecule is CCCC(C)(C)Sc1ccc([N+](=O)[O-])cc1Cl. The standard InChI is InChI=1S/C12H16ClNO2S/c1-4-7-12(2,3)17-11-6-5-9(14(15)16)8-10(11)13/h5-6,8H,4,7H2,1-3H3. The molecule has 0 spiro atoms. The van der Waals surface area contributed by atoms with Crippen LogP contribution in [0.2, 0.25) is 5.02 Å². The number of nitrogens with zero attached hydrogens (tertiary/aromatic N) is 1. The number of benzene rings is 1. The van der Waals surface area contributed by atoms with E-state index in [-0.39, 0.29) is 10.4 Å². The number of hydrogen-bond acceptors (Lipinski definition) is 3. The van der Waals surface area contributed by atoms with Crippen molar-refractivity contribution < 1.29 is 4.92 Å². The lowest BCUT2D eigenvalue weighted by Gasteiger charge is -2.23. The first-order valence-electron chi connectivity index (χ1n) is 5.48. The fourth-order valence-corrected chi connectivity index (χ4v) is 3.12. The highest BCUT2D eigenvalue weighted by molar-refractivity contribution is 8.00. The topological polar surface area (TPSA) is 43.1 Å². The molecule has 0 radical (unpaired) electrons. The van der Waals surface area contributed by atoms with E-state index in [4.69, 9.17) is 11.6 Å². The minimum absolute atomic E-state index is 0.0349. The van der Waals surface area contributed by atoms with Crippen molar-refractivity contribution in [3.05, 3.63) is 33.3 Å². The van der Waals surface area contributed by atoms with Crippen molar-refractivity contribution in [3.63, 3.8) is 0 Å². The van der Waals surface area contributed by atoms with Crippen LogP contribution in [0.3, 0.4) is 0 Å². The molecule has 0 bridgehead atoms. The van der Waals surface area contributed by atoms with Gasteiger partial charge in [-0.1, -0.05) is 38.8 Å². The summed E-state index contributed by atoms with van der Waals surface area (Å²) in [6, 6.07) is 4.63. The summed E-state index contributed by atoms with van der Waals surface area (Å²) in [7, 11) is 0. The van der Waals surface area contributed by atoms with E-state index >= 15 is 0 Å². The van der Waals surface area contributed by atoms with Gasteiger partial charge in [-0.2, -0.15) is 0 Å². The number of hydrogen-bond donors (Lipinski definition) is 0. The Balaban J connectivity index is 2.90. The molecule has 17 heavy (non-hydrogen) atoms. The van der Waals surface area contributed by atoms with Gasteiger partial charge in [0.25, 0.3) is 5.69 Å². The van der Waals surface area contributed by atoms with Gasteiger partial charge in [-0.25, -0.2) is 0 Å². The number of rotatable bonds is 5. The third-order valence-electron chi connectivity index (χ3n) is 2.36. The van der Waals surface area contributed by atoms with E-state index in [9.17, 15) is 10.1 Å². The number of nitro groups is 1. The first-order valence-corrected chi connectivity index (χ1v) is 6.68. The molecule has 0 aromatic heterocycles. The largest absolute Gasteiger partial charge is 0.270 e. The van der Waals surface area contributed by atoms with Gasteiger partial charge in [0, 0.05) is 21.8 Å². The molecule has 94 valence electrons. The number of thioether (sulfide) groups is 1. The summed E-state index contributed by atoms with van der Waals surface area (Å²) in [5.74, 6) is 0. The molecule has 1 rings (SSSR count). The van der Waals surface area contributed by atoms with Crippen LogP contribution in [0.15, 0.2) is 23.1 Å². The van der Waals surface area contributed by atoms with Crippen LogP contribution in [-0.2, 0) is 0 Å². The van der Waals surface area contributed by atoms with Crippen molar-refractivity contribution >= 4 is 29.1 Å². The molecule has 0 aliphatic rings. The number of nitro benzene ring substituents is 1. The summed E-state index contributed by atoms with van der Waals surface area (Å²) in [5, 5.41) is 11.0. The highest BCUT2D eigenvalue weighted by Crippen LogP contribution is 2.40. The Morgan fingerprint density at radius 1 is 1.47 bits per heavy atom. The molecule has 0 aliphatic heterocycles. The Hall–Kier alpha value is -0.740. The molecule has 0 heterocycles. The van der Waals surface area contributed by atoms with Crippen molar-refractivity contribution in [1.29, 1.82) is 0 Å². The molecule has 0 N–H and O–H groups in total. The molecule has 0 saturated heterocycles. The Bertz CT molecular complexity index is 421. The maximum absolute atomic E-state index is 10.6. The second-order valence-electron chi connectivity index (χ2n) is 4.48. The van der Waals surface area contributed by atoms with Gasteiger partial charge >= 0.3 is 0 Å². The second-order valence-corrected chi connectivity index (χ2v) is 6.64. The smallest absolute Gasteiger partial charge is 0.258 e. The van der Waals surface area contributed by atoms with Crippen LogP contribution >= 0.6 is 23.4 Å². The fraction of sp³-hybridized carbons (Fsp3) is 0.500. The van der Waals surface area contributed by atoms with Crippen molar-refractivity contribution in [2.75, 3.05) is 0 Å². The maximum Gasteiger partial charge on any atom is 0.270 e. The van der Waals surface area contributed by atoms with Crippen molar-refractivity contribution in [2.45, 2.75) is 43.3 Å². The lowest BCUT2D eigenvalue weighted by Crippen LogP contribution is -2.13. The number of halogens is 1. The molecular formula is C12H16ClNO2S. The monoisotopic (exact) mass is 273 g/mol. The van der Waals surface area contributed by atoms with Gasteiger partial charge < -0.3 is 0 Å². The first kappa shape index (κ1) is 14.3. The zero-order chi connectivity index (χ0) is 13.1. The Kier molecular flexibility index (Phi) is 4.83. The lowest BCUT2D eigenvalue weighted by molar-refractivity contribution is -0.384. The van der Waals surface area contributed by atoms with Crippen LogP contribution in [0.1, 0.15) is 33.6 Å². The van der Waals surface area contributed by atoms with Crippen LogP contribution in [0, 0.1) is 10.1 Å². The van der Waals surface area contributed by atoms with E-state index in [0.717, 1.165) is 17.7 Å². The van der Waals surface area contributed by atoms with Gasteiger partial charge in [-0.15, -0.1) is 11.8 Å². The Morgan fingerprint density at radius 2 is 2.12 bits per heavy atom. The van der Waals surface area contributed by atoms with Crippen molar-refractivity contribution in [2.24, 2.45) is 0 Å². The molecule has 1 aromatic rings. The third-order valence-corrected chi connectivity index (χ3v) is 4.12. The maximum atomic E-state index is 10.6. The van der Waals surface area contributed by atoms with E-state index in [0.29, 0.717) is 5.02 Å². The normalized spacial score (nSPS) is 11.5. The van der Waals surface area contributed by atoms with E-state index < -0.39 is 4.92 Å². The third kappa shape index (κ3) is 4.21. The Labute approximate surface area is 111 Å². The van der Waals surface area contributed by atoms with Crippen LogP contribution in [0.25, 0.3) is 0 Å². The minimum atomic E-state index is -0.433. The van der Waals surface area contributed by atoms with Crippen LogP contribution in [0.5, 0.6) is 0 Å².